The summed E-state index contributed by atoms with van der Waals surface area (Å²) in [6.07, 6.45) is 8.70. The molecule has 2 N–H and O–H groups in total. The highest BCUT2D eigenvalue weighted by molar-refractivity contribution is 6.31. The van der Waals surface area contributed by atoms with Gasteiger partial charge in [0.05, 0.1) is 0 Å². The molecule has 3 heterocycles. The zero-order valence-corrected chi connectivity index (χ0v) is 20.1. The van der Waals surface area contributed by atoms with Crippen molar-refractivity contribution < 1.29 is 4.79 Å². The number of piperidine rings is 1. The van der Waals surface area contributed by atoms with Crippen molar-refractivity contribution in [3.8, 4) is 0 Å². The van der Waals surface area contributed by atoms with Crippen LogP contribution in [0.15, 0.2) is 67.1 Å². The molecule has 5 nitrogen and oxygen atoms in total. The molecule has 0 unspecified atom stereocenters. The van der Waals surface area contributed by atoms with Crippen LogP contribution < -0.4 is 5.32 Å². The Hall–Kier alpha value is -3.15. The smallest absolute Gasteiger partial charge is 0.255 e. The lowest BCUT2D eigenvalue weighted by Crippen LogP contribution is -2.34. The molecule has 1 aliphatic rings. The molecule has 1 aliphatic heterocycles. The van der Waals surface area contributed by atoms with E-state index in [0.717, 1.165) is 55.1 Å². The number of aromatic amines is 1. The minimum Gasteiger partial charge on any atom is -0.361 e. The van der Waals surface area contributed by atoms with E-state index in [0.29, 0.717) is 11.5 Å². The molecule has 34 heavy (non-hydrogen) atoms. The van der Waals surface area contributed by atoms with E-state index in [-0.39, 0.29) is 5.91 Å². The van der Waals surface area contributed by atoms with Gasteiger partial charge in [0.1, 0.15) is 0 Å². The molecule has 2 aromatic heterocycles. The number of carbonyl (C=O) groups excluding carboxylic acids is 1. The van der Waals surface area contributed by atoms with Gasteiger partial charge in [-0.05, 0) is 104 Å². The fourth-order valence-corrected chi connectivity index (χ4v) is 5.10. The maximum atomic E-state index is 12.5. The van der Waals surface area contributed by atoms with Gasteiger partial charge in [-0.1, -0.05) is 17.7 Å². The van der Waals surface area contributed by atoms with Crippen molar-refractivity contribution in [2.75, 3.05) is 25.0 Å². The van der Waals surface area contributed by atoms with Crippen LogP contribution in [-0.4, -0.2) is 40.4 Å². The molecule has 1 amide bonds. The van der Waals surface area contributed by atoms with E-state index in [9.17, 15) is 4.79 Å². The third kappa shape index (κ3) is 5.01. The van der Waals surface area contributed by atoms with Crippen molar-refractivity contribution in [3.63, 3.8) is 0 Å². The van der Waals surface area contributed by atoms with Gasteiger partial charge in [-0.15, -0.1) is 0 Å². The predicted octanol–water partition coefficient (Wildman–Crippen LogP) is 6.20. The summed E-state index contributed by atoms with van der Waals surface area (Å²) in [6.45, 7) is 5.35. The molecule has 0 radical (unpaired) electrons. The molecule has 0 spiro atoms. The number of pyridine rings is 1. The van der Waals surface area contributed by atoms with E-state index in [1.807, 2.05) is 12.1 Å². The van der Waals surface area contributed by atoms with Crippen molar-refractivity contribution >= 4 is 34.1 Å². The minimum absolute atomic E-state index is 0.113. The maximum absolute atomic E-state index is 12.5. The van der Waals surface area contributed by atoms with Crippen molar-refractivity contribution in [1.29, 1.82) is 0 Å². The lowest BCUT2D eigenvalue weighted by molar-refractivity contribution is 0.102. The first-order valence-electron chi connectivity index (χ1n) is 11.9. The molecule has 5 rings (SSSR count). The van der Waals surface area contributed by atoms with Gasteiger partial charge in [0.2, 0.25) is 0 Å². The van der Waals surface area contributed by atoms with Crippen molar-refractivity contribution in [2.45, 2.75) is 32.1 Å². The van der Waals surface area contributed by atoms with Crippen LogP contribution in [0.5, 0.6) is 0 Å². The monoisotopic (exact) mass is 472 g/mol. The van der Waals surface area contributed by atoms with Crippen molar-refractivity contribution in [3.05, 3.63) is 94.4 Å². The molecule has 4 aromatic rings. The Balaban J connectivity index is 1.18. The largest absolute Gasteiger partial charge is 0.361 e. The average Bonchev–Trinajstić information content (AvgIpc) is 3.28. The summed E-state index contributed by atoms with van der Waals surface area (Å²) in [6, 6.07) is 15.7. The van der Waals surface area contributed by atoms with E-state index in [4.69, 9.17) is 11.6 Å². The van der Waals surface area contributed by atoms with E-state index in [1.54, 1.807) is 24.5 Å². The van der Waals surface area contributed by atoms with Crippen LogP contribution in [0.4, 0.5) is 5.69 Å². The van der Waals surface area contributed by atoms with Crippen LogP contribution in [0.2, 0.25) is 5.02 Å². The summed E-state index contributed by atoms with van der Waals surface area (Å²) in [5, 5.41) is 5.06. The van der Waals surface area contributed by atoms with Crippen LogP contribution in [-0.2, 0) is 6.42 Å². The second-order valence-electron chi connectivity index (χ2n) is 9.13. The zero-order chi connectivity index (χ0) is 23.5. The van der Waals surface area contributed by atoms with Crippen LogP contribution in [0, 0.1) is 6.92 Å². The number of anilines is 1. The highest BCUT2D eigenvalue weighted by Crippen LogP contribution is 2.34. The quantitative estimate of drug-likeness (QED) is 0.351. The Labute approximate surface area is 205 Å². The third-order valence-electron chi connectivity index (χ3n) is 6.95. The number of aromatic nitrogens is 2. The lowest BCUT2D eigenvalue weighted by Gasteiger charge is -2.32. The summed E-state index contributed by atoms with van der Waals surface area (Å²) >= 11 is 6.24. The number of halogens is 1. The van der Waals surface area contributed by atoms with Gasteiger partial charge in [0, 0.05) is 52.3 Å². The Kier molecular flexibility index (Phi) is 6.66. The molecular formula is C28H29ClN4O. The van der Waals surface area contributed by atoms with Crippen molar-refractivity contribution in [1.82, 2.24) is 14.9 Å². The summed E-state index contributed by atoms with van der Waals surface area (Å²) in [7, 11) is 0. The molecule has 174 valence electrons. The number of hydrogen-bond donors (Lipinski definition) is 2. The van der Waals surface area contributed by atoms with Gasteiger partial charge in [-0.3, -0.25) is 9.78 Å². The van der Waals surface area contributed by atoms with E-state index >= 15 is 0 Å². The molecule has 6 heteroatoms. The topological polar surface area (TPSA) is 61.0 Å². The summed E-state index contributed by atoms with van der Waals surface area (Å²) in [5.41, 5.74) is 6.53. The molecule has 0 aliphatic carbocycles. The first kappa shape index (κ1) is 22.6. The van der Waals surface area contributed by atoms with Gasteiger partial charge in [0.25, 0.3) is 5.91 Å². The van der Waals surface area contributed by atoms with Crippen molar-refractivity contribution in [2.24, 2.45) is 0 Å². The van der Waals surface area contributed by atoms with Crippen LogP contribution in [0.3, 0.4) is 0 Å². The number of carbonyl (C=O) groups is 1. The highest BCUT2D eigenvalue weighted by atomic mass is 35.5. The standard InChI is InChI=1S/C28H29ClN4O/c1-19-2-4-24(32-28(34)21-6-11-30-12-7-21)16-22(19)10-15-33-13-8-20(9-14-33)26-18-31-27-5-3-23(29)17-25(26)27/h2-7,11-12,16-18,20,31H,8-10,13-15H2,1H3,(H,32,34). The fourth-order valence-electron chi connectivity index (χ4n) is 4.92. The van der Waals surface area contributed by atoms with Crippen LogP contribution in [0.1, 0.15) is 45.8 Å². The van der Waals surface area contributed by atoms with Gasteiger partial charge in [0.15, 0.2) is 0 Å². The minimum atomic E-state index is -0.113. The second-order valence-corrected chi connectivity index (χ2v) is 9.57. The number of H-pyrrole nitrogens is 1. The molecular weight excluding hydrogens is 444 g/mol. The molecule has 0 atom stereocenters. The normalized spacial score (nSPS) is 15.0. The molecule has 0 bridgehead atoms. The van der Waals surface area contributed by atoms with Gasteiger partial charge in [-0.2, -0.15) is 0 Å². The summed E-state index contributed by atoms with van der Waals surface area (Å²) in [5.74, 6) is 0.453. The number of aryl methyl sites for hydroxylation is 1. The predicted molar refractivity (Wildman–Crippen MR) is 139 cm³/mol. The number of hydrogen-bond acceptors (Lipinski definition) is 3. The molecule has 2 aromatic carbocycles. The Bertz CT molecular complexity index is 1290. The first-order valence-corrected chi connectivity index (χ1v) is 12.2. The van der Waals surface area contributed by atoms with Gasteiger partial charge < -0.3 is 15.2 Å². The number of amides is 1. The van der Waals surface area contributed by atoms with E-state index < -0.39 is 0 Å². The molecule has 0 saturated carbocycles. The van der Waals surface area contributed by atoms with Gasteiger partial charge in [-0.25, -0.2) is 0 Å². The maximum Gasteiger partial charge on any atom is 0.255 e. The highest BCUT2D eigenvalue weighted by Gasteiger charge is 2.23. The van der Waals surface area contributed by atoms with E-state index in [1.165, 1.54) is 22.1 Å². The summed E-state index contributed by atoms with van der Waals surface area (Å²) in [4.78, 5) is 22.4. The van der Waals surface area contributed by atoms with E-state index in [2.05, 4.69) is 57.6 Å². The number of nitrogens with one attached hydrogen (secondary N) is 2. The number of rotatable bonds is 6. The second kappa shape index (κ2) is 10.00. The molecule has 1 fully saturated rings. The summed E-state index contributed by atoms with van der Waals surface area (Å²) < 4.78 is 0. The number of likely N-dealkylation sites (tertiary alicyclic amines) is 1. The Morgan fingerprint density at radius 1 is 1.12 bits per heavy atom. The van der Waals surface area contributed by atoms with Gasteiger partial charge >= 0.3 is 0 Å². The Morgan fingerprint density at radius 3 is 2.71 bits per heavy atom. The number of nitrogens with zero attached hydrogens (tertiary/aromatic N) is 2. The SMILES string of the molecule is Cc1ccc(NC(=O)c2ccncc2)cc1CCN1CCC(c2c[nH]c3ccc(Cl)cc23)CC1. The van der Waals surface area contributed by atoms with Crippen LogP contribution in [0.25, 0.3) is 10.9 Å². The first-order chi connectivity index (χ1) is 16.6. The molecule has 1 saturated heterocycles. The zero-order valence-electron chi connectivity index (χ0n) is 19.4. The average molecular weight is 473 g/mol. The lowest BCUT2D eigenvalue weighted by atomic mass is 9.89. The van der Waals surface area contributed by atoms with Crippen LogP contribution >= 0.6 is 11.6 Å². The third-order valence-corrected chi connectivity index (χ3v) is 7.19. The number of benzene rings is 2. The Morgan fingerprint density at radius 2 is 1.91 bits per heavy atom. The number of fused-ring (bicyclic) bond motifs is 1. The fraction of sp³-hybridized carbons (Fsp3) is 0.286.